The first-order chi connectivity index (χ1) is 13.6. The Labute approximate surface area is 160 Å². The Hall–Kier alpha value is -3.61. The first-order valence-electron chi connectivity index (χ1n) is 8.87. The molecule has 3 aromatic rings. The zero-order valence-corrected chi connectivity index (χ0v) is 14.9. The lowest BCUT2D eigenvalue weighted by atomic mass is 9.99. The third-order valence-corrected chi connectivity index (χ3v) is 4.65. The predicted molar refractivity (Wildman–Crippen MR) is 103 cm³/mol. The second-order valence-corrected chi connectivity index (χ2v) is 6.43. The molecule has 28 heavy (non-hydrogen) atoms. The molecule has 1 aliphatic rings. The molecule has 0 bridgehead atoms. The standard InChI is InChI=1S/C21H17FN4O2/c22-16-6-4-14(5-7-16)15-8-11-26(12-9-15)21(28)17-13-24-19(25-20(17)27)18-3-1-2-10-23-18/h1-8,10,13H,9,11-12H2,(H,24,25,27). The van der Waals surface area contributed by atoms with Gasteiger partial charge in [-0.05, 0) is 41.8 Å². The monoisotopic (exact) mass is 376 g/mol. The van der Waals surface area contributed by atoms with Crippen LogP contribution in [0.4, 0.5) is 4.39 Å². The van der Waals surface area contributed by atoms with E-state index in [4.69, 9.17) is 0 Å². The van der Waals surface area contributed by atoms with Crippen molar-refractivity contribution in [1.82, 2.24) is 19.9 Å². The van der Waals surface area contributed by atoms with Crippen molar-refractivity contribution in [2.24, 2.45) is 0 Å². The quantitative estimate of drug-likeness (QED) is 0.762. The van der Waals surface area contributed by atoms with E-state index in [2.05, 4.69) is 15.0 Å². The molecule has 1 aliphatic heterocycles. The highest BCUT2D eigenvalue weighted by Gasteiger charge is 2.22. The van der Waals surface area contributed by atoms with Crippen LogP contribution in [-0.2, 0) is 0 Å². The number of aromatic amines is 1. The Morgan fingerprint density at radius 2 is 1.93 bits per heavy atom. The average Bonchev–Trinajstić information content (AvgIpc) is 2.74. The molecule has 140 valence electrons. The van der Waals surface area contributed by atoms with Gasteiger partial charge in [0.2, 0.25) is 0 Å². The number of hydrogen-bond donors (Lipinski definition) is 1. The third kappa shape index (κ3) is 3.59. The van der Waals surface area contributed by atoms with E-state index in [1.165, 1.54) is 18.3 Å². The molecule has 7 heteroatoms. The molecule has 0 saturated carbocycles. The van der Waals surface area contributed by atoms with Crippen LogP contribution in [0.5, 0.6) is 0 Å². The second-order valence-electron chi connectivity index (χ2n) is 6.43. The van der Waals surface area contributed by atoms with E-state index >= 15 is 0 Å². The fourth-order valence-corrected chi connectivity index (χ4v) is 3.13. The van der Waals surface area contributed by atoms with Gasteiger partial charge in [0.05, 0.1) is 0 Å². The van der Waals surface area contributed by atoms with Gasteiger partial charge in [-0.25, -0.2) is 9.37 Å². The van der Waals surface area contributed by atoms with E-state index in [9.17, 15) is 14.0 Å². The SMILES string of the molecule is O=C(c1cnc(-c2ccccn2)[nH]c1=O)N1CC=C(c2ccc(F)cc2)CC1. The van der Waals surface area contributed by atoms with Crippen molar-refractivity contribution >= 4 is 11.5 Å². The van der Waals surface area contributed by atoms with Gasteiger partial charge in [-0.3, -0.25) is 14.6 Å². The lowest BCUT2D eigenvalue weighted by molar-refractivity contribution is 0.0770. The normalized spacial score (nSPS) is 13.9. The van der Waals surface area contributed by atoms with Crippen LogP contribution in [0.15, 0.2) is 65.7 Å². The van der Waals surface area contributed by atoms with Gasteiger partial charge >= 0.3 is 0 Å². The number of carbonyl (C=O) groups excluding carboxylic acids is 1. The number of benzene rings is 1. The maximum absolute atomic E-state index is 13.1. The number of nitrogens with one attached hydrogen (secondary N) is 1. The zero-order valence-electron chi connectivity index (χ0n) is 14.9. The summed E-state index contributed by atoms with van der Waals surface area (Å²) in [5.74, 6) is -0.326. The summed E-state index contributed by atoms with van der Waals surface area (Å²) in [7, 11) is 0. The Morgan fingerprint density at radius 3 is 2.57 bits per heavy atom. The minimum atomic E-state index is -0.492. The number of rotatable bonds is 3. The Kier molecular flexibility index (Phi) is 4.80. The fourth-order valence-electron chi connectivity index (χ4n) is 3.13. The van der Waals surface area contributed by atoms with Gasteiger partial charge in [-0.2, -0.15) is 0 Å². The van der Waals surface area contributed by atoms with Crippen molar-refractivity contribution < 1.29 is 9.18 Å². The molecule has 6 nitrogen and oxygen atoms in total. The van der Waals surface area contributed by atoms with Crippen LogP contribution in [0.1, 0.15) is 22.3 Å². The first-order valence-corrected chi connectivity index (χ1v) is 8.87. The van der Waals surface area contributed by atoms with Crippen LogP contribution in [0.25, 0.3) is 17.1 Å². The molecule has 0 spiro atoms. The van der Waals surface area contributed by atoms with Gasteiger partial charge in [-0.1, -0.05) is 24.3 Å². The van der Waals surface area contributed by atoms with Gasteiger partial charge in [-0.15, -0.1) is 0 Å². The number of pyridine rings is 1. The molecule has 0 saturated heterocycles. The second kappa shape index (κ2) is 7.56. The summed E-state index contributed by atoms with van der Waals surface area (Å²) in [5, 5.41) is 0. The number of H-pyrrole nitrogens is 1. The van der Waals surface area contributed by atoms with Gasteiger partial charge in [0.25, 0.3) is 11.5 Å². The summed E-state index contributed by atoms with van der Waals surface area (Å²) in [4.78, 5) is 37.7. The Bertz CT molecular complexity index is 1090. The van der Waals surface area contributed by atoms with Gasteiger partial charge in [0.15, 0.2) is 5.82 Å². The molecule has 3 heterocycles. The first kappa shape index (κ1) is 17.8. The van der Waals surface area contributed by atoms with Crippen LogP contribution in [-0.4, -0.2) is 38.8 Å². The molecule has 4 rings (SSSR count). The summed E-state index contributed by atoms with van der Waals surface area (Å²) < 4.78 is 13.1. The summed E-state index contributed by atoms with van der Waals surface area (Å²) >= 11 is 0. The average molecular weight is 376 g/mol. The number of carbonyl (C=O) groups is 1. The van der Waals surface area contributed by atoms with Crippen molar-refractivity contribution in [1.29, 1.82) is 0 Å². The molecule has 0 radical (unpaired) electrons. The third-order valence-electron chi connectivity index (χ3n) is 4.65. The zero-order chi connectivity index (χ0) is 19.5. The summed E-state index contributed by atoms with van der Waals surface area (Å²) in [5.41, 5.74) is 2.03. The van der Waals surface area contributed by atoms with Crippen molar-refractivity contribution in [2.75, 3.05) is 13.1 Å². The van der Waals surface area contributed by atoms with Crippen molar-refractivity contribution in [3.63, 3.8) is 0 Å². The highest BCUT2D eigenvalue weighted by atomic mass is 19.1. The minimum absolute atomic E-state index is 0.00156. The van der Waals surface area contributed by atoms with Crippen molar-refractivity contribution in [3.8, 4) is 11.5 Å². The molecule has 1 aromatic carbocycles. The van der Waals surface area contributed by atoms with E-state index < -0.39 is 5.56 Å². The van der Waals surface area contributed by atoms with Crippen molar-refractivity contribution in [3.05, 3.63) is 88.2 Å². The lowest BCUT2D eigenvalue weighted by Gasteiger charge is -2.26. The smallest absolute Gasteiger partial charge is 0.264 e. The highest BCUT2D eigenvalue weighted by Crippen LogP contribution is 2.23. The Morgan fingerprint density at radius 1 is 1.11 bits per heavy atom. The Balaban J connectivity index is 1.51. The minimum Gasteiger partial charge on any atom is -0.334 e. The molecule has 0 unspecified atom stereocenters. The van der Waals surface area contributed by atoms with E-state index in [-0.39, 0.29) is 17.3 Å². The number of aromatic nitrogens is 3. The number of nitrogens with zero attached hydrogens (tertiary/aromatic N) is 3. The molecule has 2 aromatic heterocycles. The molecule has 0 atom stereocenters. The molecule has 1 amide bonds. The highest BCUT2D eigenvalue weighted by molar-refractivity contribution is 5.94. The molecule has 0 aliphatic carbocycles. The van der Waals surface area contributed by atoms with Gasteiger partial charge in [0, 0.05) is 25.5 Å². The maximum atomic E-state index is 13.1. The molecular weight excluding hydrogens is 359 g/mol. The van der Waals surface area contributed by atoms with E-state index in [0.29, 0.717) is 31.0 Å². The topological polar surface area (TPSA) is 79.0 Å². The van der Waals surface area contributed by atoms with Crippen LogP contribution in [0, 0.1) is 5.82 Å². The molecular formula is C21H17FN4O2. The predicted octanol–water partition coefficient (Wildman–Crippen LogP) is 2.90. The van der Waals surface area contributed by atoms with Crippen LogP contribution in [0.2, 0.25) is 0 Å². The van der Waals surface area contributed by atoms with Gasteiger partial charge < -0.3 is 9.88 Å². The van der Waals surface area contributed by atoms with E-state index in [0.717, 1.165) is 11.1 Å². The largest absolute Gasteiger partial charge is 0.334 e. The number of hydrogen-bond acceptors (Lipinski definition) is 4. The lowest BCUT2D eigenvalue weighted by Crippen LogP contribution is -2.37. The van der Waals surface area contributed by atoms with Gasteiger partial charge in [0.1, 0.15) is 17.1 Å². The van der Waals surface area contributed by atoms with E-state index in [1.54, 1.807) is 41.4 Å². The van der Waals surface area contributed by atoms with E-state index in [1.807, 2.05) is 6.08 Å². The maximum Gasteiger partial charge on any atom is 0.264 e. The number of amides is 1. The summed E-state index contributed by atoms with van der Waals surface area (Å²) in [6, 6.07) is 11.6. The molecule has 1 N–H and O–H groups in total. The molecule has 0 fully saturated rings. The van der Waals surface area contributed by atoms with Crippen LogP contribution >= 0.6 is 0 Å². The van der Waals surface area contributed by atoms with Crippen LogP contribution < -0.4 is 5.56 Å². The fraction of sp³-hybridized carbons (Fsp3) is 0.143. The van der Waals surface area contributed by atoms with Crippen LogP contribution in [0.3, 0.4) is 0 Å². The number of halogens is 1. The van der Waals surface area contributed by atoms with Crippen molar-refractivity contribution in [2.45, 2.75) is 6.42 Å². The summed E-state index contributed by atoms with van der Waals surface area (Å²) in [6.07, 6.45) is 5.46. The summed E-state index contributed by atoms with van der Waals surface area (Å²) in [6.45, 7) is 0.858.